The average molecular weight is 325 g/mol. The Morgan fingerprint density at radius 2 is 2.14 bits per heavy atom. The predicted molar refractivity (Wildman–Crippen MR) is 87.1 cm³/mol. The number of rotatable bonds is 4. The van der Waals surface area contributed by atoms with Crippen molar-refractivity contribution in [3.63, 3.8) is 0 Å². The van der Waals surface area contributed by atoms with Gasteiger partial charge in [0.15, 0.2) is 0 Å². The van der Waals surface area contributed by atoms with E-state index >= 15 is 0 Å². The first kappa shape index (κ1) is 15.8. The summed E-state index contributed by atoms with van der Waals surface area (Å²) >= 11 is 7.45. The summed E-state index contributed by atoms with van der Waals surface area (Å²) in [6, 6.07) is 8.64. The first-order chi connectivity index (χ1) is 9.90. The number of hydrogen-bond acceptors (Lipinski definition) is 3. The number of anilines is 1. The van der Waals surface area contributed by atoms with E-state index in [0.717, 1.165) is 10.4 Å². The lowest BCUT2D eigenvalue weighted by molar-refractivity contribution is 0.0637. The molecule has 112 valence electrons. The van der Waals surface area contributed by atoms with Crippen molar-refractivity contribution < 1.29 is 9.90 Å². The summed E-state index contributed by atoms with van der Waals surface area (Å²) in [5.74, 6) is 0. The molecule has 0 aliphatic heterocycles. The summed E-state index contributed by atoms with van der Waals surface area (Å²) in [4.78, 5) is 12.7. The Hall–Kier alpha value is -1.56. The third-order valence-corrected chi connectivity index (χ3v) is 4.69. The summed E-state index contributed by atoms with van der Waals surface area (Å²) in [6.45, 7) is 3.63. The van der Waals surface area contributed by atoms with E-state index in [2.05, 4.69) is 10.6 Å². The van der Waals surface area contributed by atoms with Gasteiger partial charge in [-0.1, -0.05) is 23.7 Å². The molecule has 2 rings (SSSR count). The number of benzene rings is 1. The van der Waals surface area contributed by atoms with Crippen LogP contribution in [0.15, 0.2) is 35.7 Å². The van der Waals surface area contributed by atoms with Gasteiger partial charge in [-0.05, 0) is 43.0 Å². The lowest BCUT2D eigenvalue weighted by Crippen LogP contribution is -2.40. The van der Waals surface area contributed by atoms with Crippen LogP contribution in [0.2, 0.25) is 5.02 Å². The van der Waals surface area contributed by atoms with E-state index in [1.807, 2.05) is 24.4 Å². The van der Waals surface area contributed by atoms with E-state index in [0.29, 0.717) is 10.7 Å². The van der Waals surface area contributed by atoms with E-state index in [1.54, 1.807) is 25.1 Å². The van der Waals surface area contributed by atoms with E-state index in [9.17, 15) is 9.90 Å². The standard InChI is InChI=1S/C15H17ClN2O2S/c1-10-11(16)5-3-6-12(10)18-14(19)17-9-15(2,20)13-7-4-8-21-13/h3-8,20H,9H2,1-2H3,(H2,17,18,19). The molecular weight excluding hydrogens is 308 g/mol. The Balaban J connectivity index is 1.95. The fourth-order valence-electron chi connectivity index (χ4n) is 1.83. The number of thiophene rings is 1. The van der Waals surface area contributed by atoms with Gasteiger partial charge in [0.2, 0.25) is 0 Å². The van der Waals surface area contributed by atoms with Gasteiger partial charge in [0, 0.05) is 15.6 Å². The Bertz CT molecular complexity index is 627. The molecule has 0 fully saturated rings. The number of nitrogens with one attached hydrogen (secondary N) is 2. The quantitative estimate of drug-likeness (QED) is 0.802. The van der Waals surface area contributed by atoms with Gasteiger partial charge in [-0.25, -0.2) is 4.79 Å². The molecule has 1 atom stereocenters. The summed E-state index contributed by atoms with van der Waals surface area (Å²) in [6.07, 6.45) is 0. The van der Waals surface area contributed by atoms with E-state index in [1.165, 1.54) is 11.3 Å². The van der Waals surface area contributed by atoms with E-state index < -0.39 is 5.60 Å². The molecule has 2 aromatic rings. The highest BCUT2D eigenvalue weighted by atomic mass is 35.5. The van der Waals surface area contributed by atoms with Crippen molar-refractivity contribution in [3.05, 3.63) is 51.2 Å². The number of halogens is 1. The average Bonchev–Trinajstić information content (AvgIpc) is 2.97. The van der Waals surface area contributed by atoms with Crippen LogP contribution in [0.1, 0.15) is 17.4 Å². The summed E-state index contributed by atoms with van der Waals surface area (Å²) in [5, 5.41) is 18.2. The molecule has 4 nitrogen and oxygen atoms in total. The van der Waals surface area contributed by atoms with Crippen LogP contribution in [-0.4, -0.2) is 17.7 Å². The molecule has 0 bridgehead atoms. The predicted octanol–water partition coefficient (Wildman–Crippen LogP) is 3.74. The van der Waals surface area contributed by atoms with Crippen LogP contribution in [0, 0.1) is 6.92 Å². The number of urea groups is 1. The first-order valence-electron chi connectivity index (χ1n) is 6.46. The number of amides is 2. The van der Waals surface area contributed by atoms with Crippen molar-refractivity contribution in [2.75, 3.05) is 11.9 Å². The highest BCUT2D eigenvalue weighted by Crippen LogP contribution is 2.25. The zero-order valence-electron chi connectivity index (χ0n) is 11.8. The Morgan fingerprint density at radius 1 is 1.38 bits per heavy atom. The normalized spacial score (nSPS) is 13.5. The maximum Gasteiger partial charge on any atom is 0.319 e. The SMILES string of the molecule is Cc1c(Cl)cccc1NC(=O)NCC(C)(O)c1cccs1. The summed E-state index contributed by atoms with van der Waals surface area (Å²) in [5.41, 5.74) is 0.365. The van der Waals surface area contributed by atoms with Crippen molar-refractivity contribution in [1.82, 2.24) is 5.32 Å². The lowest BCUT2D eigenvalue weighted by atomic mass is 10.1. The summed E-state index contributed by atoms with van der Waals surface area (Å²) in [7, 11) is 0. The van der Waals surface area contributed by atoms with Gasteiger partial charge in [0.1, 0.15) is 5.60 Å². The zero-order valence-corrected chi connectivity index (χ0v) is 13.4. The van der Waals surface area contributed by atoms with Gasteiger partial charge in [-0.2, -0.15) is 0 Å². The van der Waals surface area contributed by atoms with Gasteiger partial charge in [-0.15, -0.1) is 11.3 Å². The van der Waals surface area contributed by atoms with Crippen molar-refractivity contribution in [2.45, 2.75) is 19.4 Å². The third kappa shape index (κ3) is 3.97. The Morgan fingerprint density at radius 3 is 2.81 bits per heavy atom. The molecule has 0 saturated heterocycles. The molecule has 21 heavy (non-hydrogen) atoms. The molecule has 1 aromatic heterocycles. The number of carbonyl (C=O) groups is 1. The molecule has 0 radical (unpaired) electrons. The van der Waals surface area contributed by atoms with Gasteiger partial charge < -0.3 is 15.7 Å². The molecule has 6 heteroatoms. The number of aliphatic hydroxyl groups is 1. The zero-order chi connectivity index (χ0) is 15.5. The first-order valence-corrected chi connectivity index (χ1v) is 7.72. The molecular formula is C15H17ClN2O2S. The second-order valence-corrected chi connectivity index (χ2v) is 6.33. The molecule has 0 aliphatic carbocycles. The molecule has 0 saturated carbocycles. The third-order valence-electron chi connectivity index (χ3n) is 3.16. The van der Waals surface area contributed by atoms with Gasteiger partial charge in [-0.3, -0.25) is 0 Å². The minimum atomic E-state index is -1.09. The highest BCUT2D eigenvalue weighted by Gasteiger charge is 2.24. The van der Waals surface area contributed by atoms with Crippen LogP contribution in [-0.2, 0) is 5.60 Å². The lowest BCUT2D eigenvalue weighted by Gasteiger charge is -2.22. The fourth-order valence-corrected chi connectivity index (χ4v) is 2.80. The molecule has 1 heterocycles. The van der Waals surface area contributed by atoms with Crippen LogP contribution in [0.3, 0.4) is 0 Å². The van der Waals surface area contributed by atoms with Crippen molar-refractivity contribution in [3.8, 4) is 0 Å². The smallest absolute Gasteiger partial charge is 0.319 e. The topological polar surface area (TPSA) is 61.4 Å². The van der Waals surface area contributed by atoms with Crippen molar-refractivity contribution in [2.24, 2.45) is 0 Å². The van der Waals surface area contributed by atoms with E-state index in [-0.39, 0.29) is 12.6 Å². The Labute approximate surface area is 132 Å². The molecule has 2 amide bonds. The number of hydrogen-bond donors (Lipinski definition) is 3. The molecule has 0 spiro atoms. The molecule has 1 aromatic carbocycles. The van der Waals surface area contributed by atoms with E-state index in [4.69, 9.17) is 11.6 Å². The molecule has 3 N–H and O–H groups in total. The van der Waals surface area contributed by atoms with Crippen LogP contribution < -0.4 is 10.6 Å². The fraction of sp³-hybridized carbons (Fsp3) is 0.267. The van der Waals surface area contributed by atoms with Gasteiger partial charge in [0.25, 0.3) is 0 Å². The summed E-state index contributed by atoms with van der Waals surface area (Å²) < 4.78 is 0. The maximum absolute atomic E-state index is 11.9. The van der Waals surface area contributed by atoms with Crippen LogP contribution in [0.25, 0.3) is 0 Å². The number of carbonyl (C=O) groups excluding carboxylic acids is 1. The van der Waals surface area contributed by atoms with Crippen LogP contribution >= 0.6 is 22.9 Å². The van der Waals surface area contributed by atoms with Crippen LogP contribution in [0.5, 0.6) is 0 Å². The van der Waals surface area contributed by atoms with Crippen LogP contribution in [0.4, 0.5) is 10.5 Å². The second kappa shape index (κ2) is 6.47. The van der Waals surface area contributed by atoms with Gasteiger partial charge >= 0.3 is 6.03 Å². The maximum atomic E-state index is 11.9. The highest BCUT2D eigenvalue weighted by molar-refractivity contribution is 7.10. The second-order valence-electron chi connectivity index (χ2n) is 4.97. The monoisotopic (exact) mass is 324 g/mol. The largest absolute Gasteiger partial charge is 0.383 e. The minimum absolute atomic E-state index is 0.124. The van der Waals surface area contributed by atoms with Crippen molar-refractivity contribution >= 4 is 34.7 Å². The molecule has 0 aliphatic rings. The van der Waals surface area contributed by atoms with Gasteiger partial charge in [0.05, 0.1) is 6.54 Å². The minimum Gasteiger partial charge on any atom is -0.383 e. The van der Waals surface area contributed by atoms with Crippen molar-refractivity contribution in [1.29, 1.82) is 0 Å². The molecule has 1 unspecified atom stereocenters. The Kier molecular flexibility index (Phi) is 4.88.